The quantitative estimate of drug-likeness (QED) is 0.871. The zero-order valence-electron chi connectivity index (χ0n) is 11.1. The van der Waals surface area contributed by atoms with E-state index in [0.717, 1.165) is 12.8 Å². The SMILES string of the molecule is CCC(CC)NC(=O)COc1cc(Cl)ccc1C#N. The maximum atomic E-state index is 11.7. The van der Waals surface area contributed by atoms with E-state index in [1.807, 2.05) is 19.9 Å². The molecule has 0 spiro atoms. The van der Waals surface area contributed by atoms with Crippen molar-refractivity contribution in [3.8, 4) is 11.8 Å². The van der Waals surface area contributed by atoms with E-state index in [0.29, 0.717) is 16.3 Å². The Hall–Kier alpha value is -1.73. The van der Waals surface area contributed by atoms with Gasteiger partial charge in [-0.25, -0.2) is 0 Å². The molecule has 1 rings (SSSR count). The highest BCUT2D eigenvalue weighted by Gasteiger charge is 2.10. The highest BCUT2D eigenvalue weighted by molar-refractivity contribution is 6.30. The molecule has 19 heavy (non-hydrogen) atoms. The van der Waals surface area contributed by atoms with Gasteiger partial charge in [-0.15, -0.1) is 0 Å². The fourth-order valence-electron chi connectivity index (χ4n) is 1.61. The number of nitrogens with zero attached hydrogens (tertiary/aromatic N) is 1. The highest BCUT2D eigenvalue weighted by atomic mass is 35.5. The maximum Gasteiger partial charge on any atom is 0.258 e. The van der Waals surface area contributed by atoms with Gasteiger partial charge in [0.1, 0.15) is 11.8 Å². The van der Waals surface area contributed by atoms with Gasteiger partial charge in [0.05, 0.1) is 5.56 Å². The van der Waals surface area contributed by atoms with Crippen LogP contribution in [-0.4, -0.2) is 18.6 Å². The van der Waals surface area contributed by atoms with Gasteiger partial charge in [0.15, 0.2) is 6.61 Å². The minimum Gasteiger partial charge on any atom is -0.482 e. The second-order valence-corrected chi connectivity index (χ2v) is 4.56. The van der Waals surface area contributed by atoms with Crippen molar-refractivity contribution < 1.29 is 9.53 Å². The lowest BCUT2D eigenvalue weighted by atomic mass is 10.2. The van der Waals surface area contributed by atoms with E-state index in [-0.39, 0.29) is 18.6 Å². The number of amides is 1. The first-order valence-corrected chi connectivity index (χ1v) is 6.60. The number of carbonyl (C=O) groups excluding carboxylic acids is 1. The van der Waals surface area contributed by atoms with Gasteiger partial charge in [0.25, 0.3) is 5.91 Å². The van der Waals surface area contributed by atoms with E-state index in [9.17, 15) is 4.79 Å². The van der Waals surface area contributed by atoms with Crippen molar-refractivity contribution >= 4 is 17.5 Å². The Balaban J connectivity index is 2.60. The third-order valence-corrected chi connectivity index (χ3v) is 3.01. The Labute approximate surface area is 118 Å². The molecule has 0 aliphatic rings. The number of rotatable bonds is 6. The van der Waals surface area contributed by atoms with Gasteiger partial charge in [-0.3, -0.25) is 4.79 Å². The molecule has 1 aromatic rings. The van der Waals surface area contributed by atoms with Crippen LogP contribution >= 0.6 is 11.6 Å². The maximum absolute atomic E-state index is 11.7. The molecule has 4 nitrogen and oxygen atoms in total. The smallest absolute Gasteiger partial charge is 0.258 e. The molecule has 0 atom stereocenters. The Morgan fingerprint density at radius 1 is 1.47 bits per heavy atom. The lowest BCUT2D eigenvalue weighted by molar-refractivity contribution is -0.123. The molecule has 0 heterocycles. The van der Waals surface area contributed by atoms with Crippen LogP contribution in [0.4, 0.5) is 0 Å². The second kappa shape index (κ2) is 7.65. The first-order chi connectivity index (χ1) is 9.10. The highest BCUT2D eigenvalue weighted by Crippen LogP contribution is 2.22. The average molecular weight is 281 g/mol. The van der Waals surface area contributed by atoms with Crippen LogP contribution in [-0.2, 0) is 4.79 Å². The number of hydrogen-bond acceptors (Lipinski definition) is 3. The van der Waals surface area contributed by atoms with E-state index in [1.165, 1.54) is 6.07 Å². The fraction of sp³-hybridized carbons (Fsp3) is 0.429. The Kier molecular flexibility index (Phi) is 6.17. The van der Waals surface area contributed by atoms with Crippen molar-refractivity contribution in [3.63, 3.8) is 0 Å². The molecule has 1 aromatic carbocycles. The van der Waals surface area contributed by atoms with Gasteiger partial charge < -0.3 is 10.1 Å². The molecule has 0 bridgehead atoms. The summed E-state index contributed by atoms with van der Waals surface area (Å²) in [5.41, 5.74) is 0.361. The van der Waals surface area contributed by atoms with Gasteiger partial charge in [0, 0.05) is 17.1 Å². The summed E-state index contributed by atoms with van der Waals surface area (Å²) >= 11 is 5.83. The Morgan fingerprint density at radius 2 is 2.16 bits per heavy atom. The van der Waals surface area contributed by atoms with Crippen LogP contribution in [0.3, 0.4) is 0 Å². The first kappa shape index (κ1) is 15.3. The van der Waals surface area contributed by atoms with Crippen LogP contribution in [0.5, 0.6) is 5.75 Å². The number of benzene rings is 1. The average Bonchev–Trinajstić information content (AvgIpc) is 2.42. The second-order valence-electron chi connectivity index (χ2n) is 4.12. The molecule has 0 radical (unpaired) electrons. The fourth-order valence-corrected chi connectivity index (χ4v) is 1.78. The monoisotopic (exact) mass is 280 g/mol. The van der Waals surface area contributed by atoms with E-state index in [1.54, 1.807) is 12.1 Å². The van der Waals surface area contributed by atoms with Gasteiger partial charge in [0.2, 0.25) is 0 Å². The van der Waals surface area contributed by atoms with E-state index >= 15 is 0 Å². The standard InChI is InChI=1S/C14H17ClN2O2/c1-3-12(4-2)17-14(18)9-19-13-7-11(15)6-5-10(13)8-16/h5-7,12H,3-4,9H2,1-2H3,(H,17,18). The largest absolute Gasteiger partial charge is 0.482 e. The summed E-state index contributed by atoms with van der Waals surface area (Å²) in [7, 11) is 0. The Morgan fingerprint density at radius 3 is 2.74 bits per heavy atom. The van der Waals surface area contributed by atoms with Crippen LogP contribution in [0.15, 0.2) is 18.2 Å². The number of hydrogen-bond donors (Lipinski definition) is 1. The number of nitrogens with one attached hydrogen (secondary N) is 1. The number of carbonyl (C=O) groups is 1. The van der Waals surface area contributed by atoms with Crippen molar-refractivity contribution in [3.05, 3.63) is 28.8 Å². The van der Waals surface area contributed by atoms with Crippen LogP contribution in [0.25, 0.3) is 0 Å². The zero-order valence-corrected chi connectivity index (χ0v) is 11.8. The predicted octanol–water partition coefficient (Wildman–Crippen LogP) is 2.90. The van der Waals surface area contributed by atoms with Crippen molar-refractivity contribution in [2.75, 3.05) is 6.61 Å². The molecule has 0 saturated carbocycles. The molecule has 5 heteroatoms. The number of ether oxygens (including phenoxy) is 1. The van der Waals surface area contributed by atoms with Crippen molar-refractivity contribution in [2.45, 2.75) is 32.7 Å². The third-order valence-electron chi connectivity index (χ3n) is 2.77. The molecule has 1 amide bonds. The first-order valence-electron chi connectivity index (χ1n) is 6.22. The molecule has 0 aliphatic heterocycles. The van der Waals surface area contributed by atoms with Crippen molar-refractivity contribution in [1.29, 1.82) is 5.26 Å². The van der Waals surface area contributed by atoms with E-state index < -0.39 is 0 Å². The minimum atomic E-state index is -0.197. The van der Waals surface area contributed by atoms with Crippen molar-refractivity contribution in [2.24, 2.45) is 0 Å². The summed E-state index contributed by atoms with van der Waals surface area (Å²) in [6.07, 6.45) is 1.76. The molecule has 0 fully saturated rings. The molecule has 0 saturated heterocycles. The van der Waals surface area contributed by atoms with Crippen LogP contribution in [0, 0.1) is 11.3 Å². The van der Waals surface area contributed by atoms with E-state index in [4.69, 9.17) is 21.6 Å². The lowest BCUT2D eigenvalue weighted by Gasteiger charge is -2.15. The molecule has 0 unspecified atom stereocenters. The number of halogens is 1. The van der Waals surface area contributed by atoms with E-state index in [2.05, 4.69) is 5.32 Å². The number of nitriles is 1. The van der Waals surface area contributed by atoms with Crippen LogP contribution in [0.2, 0.25) is 5.02 Å². The summed E-state index contributed by atoms with van der Waals surface area (Å²) in [5, 5.41) is 12.2. The summed E-state index contributed by atoms with van der Waals surface area (Å²) < 4.78 is 5.34. The van der Waals surface area contributed by atoms with Gasteiger partial charge in [-0.05, 0) is 25.0 Å². The molecule has 0 aromatic heterocycles. The van der Waals surface area contributed by atoms with Gasteiger partial charge in [-0.1, -0.05) is 25.4 Å². The summed E-state index contributed by atoms with van der Waals surface area (Å²) in [4.78, 5) is 11.7. The molecular formula is C14H17ClN2O2. The summed E-state index contributed by atoms with van der Waals surface area (Å²) in [6.45, 7) is 3.91. The van der Waals surface area contributed by atoms with Gasteiger partial charge >= 0.3 is 0 Å². The normalized spacial score (nSPS) is 10.1. The summed E-state index contributed by atoms with van der Waals surface area (Å²) in [5.74, 6) is 0.132. The molecular weight excluding hydrogens is 264 g/mol. The zero-order chi connectivity index (χ0) is 14.3. The van der Waals surface area contributed by atoms with Crippen LogP contribution < -0.4 is 10.1 Å². The Bertz CT molecular complexity index is 479. The topological polar surface area (TPSA) is 62.1 Å². The molecule has 1 N–H and O–H groups in total. The molecule has 102 valence electrons. The summed E-state index contributed by atoms with van der Waals surface area (Å²) in [6, 6.07) is 6.86. The lowest BCUT2D eigenvalue weighted by Crippen LogP contribution is -2.37. The van der Waals surface area contributed by atoms with Crippen molar-refractivity contribution in [1.82, 2.24) is 5.32 Å². The van der Waals surface area contributed by atoms with Gasteiger partial charge in [-0.2, -0.15) is 5.26 Å². The predicted molar refractivity (Wildman–Crippen MR) is 74.2 cm³/mol. The van der Waals surface area contributed by atoms with Crippen LogP contribution in [0.1, 0.15) is 32.3 Å². The third kappa shape index (κ3) is 4.80. The minimum absolute atomic E-state index is 0.120. The molecule has 0 aliphatic carbocycles.